The summed E-state index contributed by atoms with van der Waals surface area (Å²) >= 11 is 0. The molecular weight excluding hydrogens is 280 g/mol. The van der Waals surface area contributed by atoms with Crippen molar-refractivity contribution in [3.05, 3.63) is 30.1 Å². The molecule has 5 heteroatoms. The molecule has 2 fully saturated rings. The number of carbonyl (C=O) groups excluding carboxylic acids is 1. The van der Waals surface area contributed by atoms with E-state index in [0.717, 1.165) is 25.8 Å². The molecule has 1 amide bonds. The number of ether oxygens (including phenoxy) is 1. The molecule has 0 aliphatic carbocycles. The average Bonchev–Trinajstić information content (AvgIpc) is 3.10. The molecule has 22 heavy (non-hydrogen) atoms. The molecule has 120 valence electrons. The summed E-state index contributed by atoms with van der Waals surface area (Å²) < 4.78 is 5.48. The molecule has 0 saturated carbocycles. The lowest BCUT2D eigenvalue weighted by atomic mass is 9.82. The van der Waals surface area contributed by atoms with Crippen LogP contribution < -0.4 is 0 Å². The molecule has 1 N–H and O–H groups in total. The highest BCUT2D eigenvalue weighted by Gasteiger charge is 2.51. The summed E-state index contributed by atoms with van der Waals surface area (Å²) in [6, 6.07) is 4.02. The second-order valence-corrected chi connectivity index (χ2v) is 6.58. The summed E-state index contributed by atoms with van der Waals surface area (Å²) in [6.07, 6.45) is 7.13. The smallest absolute Gasteiger partial charge is 0.222 e. The number of carbonyl (C=O) groups is 1. The average molecular weight is 304 g/mol. The van der Waals surface area contributed by atoms with Gasteiger partial charge in [0.15, 0.2) is 0 Å². The van der Waals surface area contributed by atoms with Gasteiger partial charge in [0.2, 0.25) is 5.91 Å². The summed E-state index contributed by atoms with van der Waals surface area (Å²) in [7, 11) is 0. The van der Waals surface area contributed by atoms with E-state index in [1.807, 2.05) is 17.2 Å². The summed E-state index contributed by atoms with van der Waals surface area (Å²) in [4.78, 5) is 18.4. The van der Waals surface area contributed by atoms with E-state index in [-0.39, 0.29) is 17.9 Å². The zero-order chi connectivity index (χ0) is 15.4. The van der Waals surface area contributed by atoms with E-state index in [0.29, 0.717) is 32.1 Å². The molecule has 2 aliphatic heterocycles. The molecule has 3 rings (SSSR count). The van der Waals surface area contributed by atoms with Crippen LogP contribution in [0.3, 0.4) is 0 Å². The van der Waals surface area contributed by atoms with Crippen molar-refractivity contribution < 1.29 is 14.6 Å². The van der Waals surface area contributed by atoms with Gasteiger partial charge in [-0.1, -0.05) is 6.07 Å². The number of unbranched alkanes of at least 4 members (excludes halogenated alkanes) is 1. The minimum Gasteiger partial charge on any atom is -0.396 e. The molecule has 3 heterocycles. The van der Waals surface area contributed by atoms with E-state index >= 15 is 0 Å². The lowest BCUT2D eigenvalue weighted by molar-refractivity contribution is -0.131. The summed E-state index contributed by atoms with van der Waals surface area (Å²) in [5.74, 6) is 0.519. The highest BCUT2D eigenvalue weighted by atomic mass is 16.5. The molecule has 2 atom stereocenters. The number of amides is 1. The minimum absolute atomic E-state index is 0.114. The molecule has 2 aliphatic rings. The molecule has 1 aromatic rings. The first-order chi connectivity index (χ1) is 10.7. The first-order valence-corrected chi connectivity index (χ1v) is 8.09. The van der Waals surface area contributed by atoms with E-state index in [4.69, 9.17) is 4.74 Å². The number of rotatable bonds is 6. The third-order valence-corrected chi connectivity index (χ3v) is 5.02. The zero-order valence-corrected chi connectivity index (χ0v) is 12.9. The Balaban J connectivity index is 1.42. The zero-order valence-electron chi connectivity index (χ0n) is 12.9. The van der Waals surface area contributed by atoms with Crippen molar-refractivity contribution in [2.24, 2.45) is 11.3 Å². The SMILES string of the molecule is O=C(CCCCc1cccnc1)N1C[C@H]2COC[C@@]2(CO)C1. The largest absolute Gasteiger partial charge is 0.396 e. The maximum Gasteiger partial charge on any atom is 0.222 e. The first-order valence-electron chi connectivity index (χ1n) is 8.09. The van der Waals surface area contributed by atoms with Gasteiger partial charge < -0.3 is 14.7 Å². The predicted molar refractivity (Wildman–Crippen MR) is 82.2 cm³/mol. The van der Waals surface area contributed by atoms with E-state index in [1.54, 1.807) is 6.20 Å². The summed E-state index contributed by atoms with van der Waals surface area (Å²) in [5, 5.41) is 9.64. The summed E-state index contributed by atoms with van der Waals surface area (Å²) in [6.45, 7) is 2.75. The Kier molecular flexibility index (Phi) is 4.74. The number of likely N-dealkylation sites (tertiary alicyclic amines) is 1. The molecule has 0 unspecified atom stereocenters. The van der Waals surface area contributed by atoms with E-state index in [1.165, 1.54) is 5.56 Å². The van der Waals surface area contributed by atoms with Crippen LogP contribution in [0.2, 0.25) is 0 Å². The molecule has 0 aromatic carbocycles. The fourth-order valence-electron chi connectivity index (χ4n) is 3.56. The van der Waals surface area contributed by atoms with Crippen LogP contribution in [0.4, 0.5) is 0 Å². The third kappa shape index (κ3) is 3.15. The van der Waals surface area contributed by atoms with Crippen LogP contribution in [0.5, 0.6) is 0 Å². The number of nitrogens with zero attached hydrogens (tertiary/aromatic N) is 2. The Morgan fingerprint density at radius 3 is 3.14 bits per heavy atom. The Morgan fingerprint density at radius 2 is 2.41 bits per heavy atom. The third-order valence-electron chi connectivity index (χ3n) is 5.02. The second-order valence-electron chi connectivity index (χ2n) is 6.58. The van der Waals surface area contributed by atoms with Gasteiger partial charge in [0, 0.05) is 43.2 Å². The van der Waals surface area contributed by atoms with Crippen molar-refractivity contribution in [3.63, 3.8) is 0 Å². The Hall–Kier alpha value is -1.46. The lowest BCUT2D eigenvalue weighted by Gasteiger charge is -2.24. The maximum absolute atomic E-state index is 12.3. The van der Waals surface area contributed by atoms with Crippen molar-refractivity contribution in [1.29, 1.82) is 0 Å². The maximum atomic E-state index is 12.3. The Bertz CT molecular complexity index is 508. The molecule has 5 nitrogen and oxygen atoms in total. The van der Waals surface area contributed by atoms with Crippen LogP contribution in [0.1, 0.15) is 24.8 Å². The Labute approximate surface area is 131 Å². The Morgan fingerprint density at radius 1 is 1.50 bits per heavy atom. The number of aliphatic hydroxyl groups excluding tert-OH is 1. The van der Waals surface area contributed by atoms with Gasteiger partial charge in [0.1, 0.15) is 0 Å². The quantitative estimate of drug-likeness (QED) is 0.804. The van der Waals surface area contributed by atoms with Crippen LogP contribution >= 0.6 is 0 Å². The van der Waals surface area contributed by atoms with Crippen LogP contribution in [0.15, 0.2) is 24.5 Å². The van der Waals surface area contributed by atoms with Crippen LogP contribution in [-0.2, 0) is 16.0 Å². The van der Waals surface area contributed by atoms with E-state index in [9.17, 15) is 9.90 Å². The number of aliphatic hydroxyl groups is 1. The molecule has 0 bridgehead atoms. The fraction of sp³-hybridized carbons (Fsp3) is 0.647. The first kappa shape index (κ1) is 15.4. The van der Waals surface area contributed by atoms with Crippen LogP contribution in [-0.4, -0.2) is 53.8 Å². The van der Waals surface area contributed by atoms with Crippen molar-refractivity contribution in [1.82, 2.24) is 9.88 Å². The number of aryl methyl sites for hydroxylation is 1. The molecule has 0 radical (unpaired) electrons. The molecular formula is C17H24N2O3. The van der Waals surface area contributed by atoms with Gasteiger partial charge in [0.25, 0.3) is 0 Å². The highest BCUT2D eigenvalue weighted by molar-refractivity contribution is 5.76. The van der Waals surface area contributed by atoms with E-state index < -0.39 is 0 Å². The highest BCUT2D eigenvalue weighted by Crippen LogP contribution is 2.41. The molecule has 1 aromatic heterocycles. The van der Waals surface area contributed by atoms with Gasteiger partial charge >= 0.3 is 0 Å². The normalized spacial score (nSPS) is 27.1. The number of fused-ring (bicyclic) bond motifs is 1. The standard InChI is InChI=1S/C17H24N2O3/c20-12-17-11-19(9-15(17)10-22-13-17)16(21)6-2-1-4-14-5-3-7-18-8-14/h3,5,7-8,15,20H,1-2,4,6,9-13H2/t15-,17-/m0/s1. The van der Waals surface area contributed by atoms with Crippen molar-refractivity contribution >= 4 is 5.91 Å². The van der Waals surface area contributed by atoms with Gasteiger partial charge in [-0.2, -0.15) is 0 Å². The van der Waals surface area contributed by atoms with Gasteiger partial charge in [-0.3, -0.25) is 9.78 Å². The van der Waals surface area contributed by atoms with Gasteiger partial charge in [0.05, 0.1) is 19.8 Å². The van der Waals surface area contributed by atoms with Gasteiger partial charge in [-0.15, -0.1) is 0 Å². The van der Waals surface area contributed by atoms with Gasteiger partial charge in [-0.05, 0) is 30.9 Å². The summed E-state index contributed by atoms with van der Waals surface area (Å²) in [5.41, 5.74) is 1.02. The van der Waals surface area contributed by atoms with E-state index in [2.05, 4.69) is 11.1 Å². The van der Waals surface area contributed by atoms with Crippen molar-refractivity contribution in [2.75, 3.05) is 32.9 Å². The number of hydrogen-bond acceptors (Lipinski definition) is 4. The predicted octanol–water partition coefficient (Wildman–Crippen LogP) is 1.26. The number of hydrogen-bond donors (Lipinski definition) is 1. The van der Waals surface area contributed by atoms with Crippen LogP contribution in [0.25, 0.3) is 0 Å². The number of aromatic nitrogens is 1. The van der Waals surface area contributed by atoms with Crippen molar-refractivity contribution in [2.45, 2.75) is 25.7 Å². The lowest BCUT2D eigenvalue weighted by Crippen LogP contribution is -2.36. The number of pyridine rings is 1. The fourth-order valence-corrected chi connectivity index (χ4v) is 3.56. The second kappa shape index (κ2) is 6.75. The van der Waals surface area contributed by atoms with Crippen molar-refractivity contribution in [3.8, 4) is 0 Å². The van der Waals surface area contributed by atoms with Gasteiger partial charge in [-0.25, -0.2) is 0 Å². The molecule has 2 saturated heterocycles. The van der Waals surface area contributed by atoms with Crippen LogP contribution in [0, 0.1) is 11.3 Å². The topological polar surface area (TPSA) is 62.7 Å². The minimum atomic E-state index is -0.203. The monoisotopic (exact) mass is 304 g/mol. The molecule has 0 spiro atoms.